The Morgan fingerprint density at radius 3 is 2.70 bits per heavy atom. The number of primary amides is 1. The maximum absolute atomic E-state index is 13.2. The third kappa shape index (κ3) is 2.31. The highest BCUT2D eigenvalue weighted by molar-refractivity contribution is 6.15. The SMILES string of the molecule is COCCN1C(=O)[C@@H]2C(CC(N)=O)NC3(C(=O)Nc4ccccc43)[C@@H]2C1=O. The predicted molar refractivity (Wildman–Crippen MR) is 93.1 cm³/mol. The van der Waals surface area contributed by atoms with Crippen molar-refractivity contribution in [3.63, 3.8) is 0 Å². The van der Waals surface area contributed by atoms with Gasteiger partial charge in [0, 0.05) is 30.8 Å². The highest BCUT2D eigenvalue weighted by atomic mass is 16.5. The Hall–Kier alpha value is -2.78. The molecule has 1 aromatic rings. The molecule has 4 N–H and O–H groups in total. The summed E-state index contributed by atoms with van der Waals surface area (Å²) in [4.78, 5) is 51.8. The molecule has 0 radical (unpaired) electrons. The molecule has 2 saturated heterocycles. The second kappa shape index (κ2) is 6.14. The van der Waals surface area contributed by atoms with Crippen LogP contribution in [0.4, 0.5) is 5.69 Å². The van der Waals surface area contributed by atoms with E-state index in [1.54, 1.807) is 24.3 Å². The van der Waals surface area contributed by atoms with Crippen LogP contribution >= 0.6 is 0 Å². The molecule has 142 valence electrons. The van der Waals surface area contributed by atoms with E-state index in [1.807, 2.05) is 0 Å². The topological polar surface area (TPSA) is 131 Å². The molecule has 4 amide bonds. The van der Waals surface area contributed by atoms with Crippen molar-refractivity contribution < 1.29 is 23.9 Å². The summed E-state index contributed by atoms with van der Waals surface area (Å²) in [5.41, 5.74) is 5.15. The number of nitrogens with two attached hydrogens (primary N) is 1. The van der Waals surface area contributed by atoms with Gasteiger partial charge in [0.15, 0.2) is 0 Å². The van der Waals surface area contributed by atoms with E-state index in [0.717, 1.165) is 4.90 Å². The van der Waals surface area contributed by atoms with E-state index in [1.165, 1.54) is 7.11 Å². The van der Waals surface area contributed by atoms with Gasteiger partial charge in [-0.25, -0.2) is 0 Å². The summed E-state index contributed by atoms with van der Waals surface area (Å²) in [6.45, 7) is 0.296. The number of nitrogens with one attached hydrogen (secondary N) is 2. The first kappa shape index (κ1) is 17.6. The molecule has 0 saturated carbocycles. The Bertz CT molecular complexity index is 856. The van der Waals surface area contributed by atoms with Crippen LogP contribution < -0.4 is 16.4 Å². The molecule has 27 heavy (non-hydrogen) atoms. The number of methoxy groups -OCH3 is 1. The number of para-hydroxylation sites is 1. The Labute approximate surface area is 155 Å². The average Bonchev–Trinajstić information content (AvgIpc) is 3.19. The van der Waals surface area contributed by atoms with Gasteiger partial charge in [0.2, 0.25) is 23.6 Å². The number of carbonyl (C=O) groups is 4. The van der Waals surface area contributed by atoms with Gasteiger partial charge in [0.05, 0.1) is 25.0 Å². The van der Waals surface area contributed by atoms with Crippen molar-refractivity contribution in [1.29, 1.82) is 0 Å². The first-order valence-corrected chi connectivity index (χ1v) is 8.73. The van der Waals surface area contributed by atoms with Crippen LogP contribution in [0.5, 0.6) is 0 Å². The molecule has 3 aliphatic rings. The molecule has 4 atom stereocenters. The van der Waals surface area contributed by atoms with E-state index in [-0.39, 0.29) is 19.6 Å². The molecule has 0 aliphatic carbocycles. The van der Waals surface area contributed by atoms with E-state index >= 15 is 0 Å². The number of likely N-dealkylation sites (tertiary alicyclic amines) is 1. The second-order valence-corrected chi connectivity index (χ2v) is 7.05. The summed E-state index contributed by atoms with van der Waals surface area (Å²) in [6.07, 6.45) is -0.143. The number of imide groups is 1. The molecule has 1 spiro atoms. The largest absolute Gasteiger partial charge is 0.383 e. The fraction of sp³-hybridized carbons (Fsp3) is 0.444. The first-order valence-electron chi connectivity index (χ1n) is 8.73. The monoisotopic (exact) mass is 372 g/mol. The van der Waals surface area contributed by atoms with Crippen molar-refractivity contribution in [1.82, 2.24) is 10.2 Å². The number of hydrogen-bond acceptors (Lipinski definition) is 6. The maximum Gasteiger partial charge on any atom is 0.250 e. The van der Waals surface area contributed by atoms with Crippen LogP contribution in [0.2, 0.25) is 0 Å². The zero-order valence-corrected chi connectivity index (χ0v) is 14.7. The second-order valence-electron chi connectivity index (χ2n) is 7.05. The Kier molecular flexibility index (Phi) is 4.01. The smallest absolute Gasteiger partial charge is 0.250 e. The summed E-state index contributed by atoms with van der Waals surface area (Å²) in [5.74, 6) is -3.62. The van der Waals surface area contributed by atoms with Gasteiger partial charge in [-0.3, -0.25) is 29.4 Å². The van der Waals surface area contributed by atoms with E-state index in [2.05, 4.69) is 10.6 Å². The first-order chi connectivity index (χ1) is 12.9. The number of fused-ring (bicyclic) bond motifs is 4. The van der Waals surface area contributed by atoms with Gasteiger partial charge in [0.1, 0.15) is 5.54 Å². The van der Waals surface area contributed by atoms with E-state index in [9.17, 15) is 19.2 Å². The minimum atomic E-state index is -1.39. The summed E-state index contributed by atoms with van der Waals surface area (Å²) in [7, 11) is 1.48. The lowest BCUT2D eigenvalue weighted by Gasteiger charge is -2.29. The normalized spacial score (nSPS) is 31.4. The van der Waals surface area contributed by atoms with Crippen molar-refractivity contribution >= 4 is 29.3 Å². The van der Waals surface area contributed by atoms with Crippen molar-refractivity contribution in [2.75, 3.05) is 25.6 Å². The van der Waals surface area contributed by atoms with Crippen LogP contribution in [-0.4, -0.2) is 54.8 Å². The summed E-state index contributed by atoms with van der Waals surface area (Å²) < 4.78 is 4.99. The molecule has 3 aliphatic heterocycles. The van der Waals surface area contributed by atoms with Crippen LogP contribution in [-0.2, 0) is 29.5 Å². The lowest BCUT2D eigenvalue weighted by atomic mass is 9.76. The van der Waals surface area contributed by atoms with Gasteiger partial charge >= 0.3 is 0 Å². The molecular weight excluding hydrogens is 352 g/mol. The molecule has 3 heterocycles. The standard InChI is InChI=1S/C18H20N4O5/c1-27-7-6-22-15(24)13-11(8-12(19)23)21-18(14(13)16(22)25)9-4-2-3-5-10(9)20-17(18)26/h2-5,11,13-14,21H,6-8H2,1H3,(H2,19,23)(H,20,26)/t11?,13-,14+,18?/m1/s1. The van der Waals surface area contributed by atoms with Gasteiger partial charge in [-0.15, -0.1) is 0 Å². The highest BCUT2D eigenvalue weighted by Gasteiger charge is 2.70. The van der Waals surface area contributed by atoms with Crippen LogP contribution in [0.25, 0.3) is 0 Å². The highest BCUT2D eigenvalue weighted by Crippen LogP contribution is 2.53. The predicted octanol–water partition coefficient (Wildman–Crippen LogP) is -1.07. The number of amides is 4. The molecule has 2 fully saturated rings. The molecule has 1 aromatic carbocycles. The number of nitrogens with zero attached hydrogens (tertiary/aromatic N) is 1. The molecule has 2 unspecified atom stereocenters. The van der Waals surface area contributed by atoms with Crippen molar-refractivity contribution in [2.45, 2.75) is 18.0 Å². The number of anilines is 1. The van der Waals surface area contributed by atoms with Gasteiger partial charge in [-0.05, 0) is 6.07 Å². The molecule has 9 nitrogen and oxygen atoms in total. The third-order valence-electron chi connectivity index (χ3n) is 5.65. The summed E-state index contributed by atoms with van der Waals surface area (Å²) in [6, 6.07) is 6.33. The van der Waals surface area contributed by atoms with Gasteiger partial charge in [-0.2, -0.15) is 0 Å². The Balaban J connectivity index is 1.83. The average molecular weight is 372 g/mol. The van der Waals surface area contributed by atoms with Gasteiger partial charge in [-0.1, -0.05) is 18.2 Å². The molecule has 4 rings (SSSR count). The number of ether oxygens (including phenoxy) is 1. The summed E-state index contributed by atoms with van der Waals surface area (Å²) in [5, 5.41) is 5.92. The Morgan fingerprint density at radius 2 is 2.00 bits per heavy atom. The van der Waals surface area contributed by atoms with E-state index in [4.69, 9.17) is 10.5 Å². The molecule has 9 heteroatoms. The van der Waals surface area contributed by atoms with E-state index < -0.39 is 47.0 Å². The van der Waals surface area contributed by atoms with Crippen LogP contribution in [0, 0.1) is 11.8 Å². The van der Waals surface area contributed by atoms with Gasteiger partial charge in [0.25, 0.3) is 0 Å². The van der Waals surface area contributed by atoms with Crippen LogP contribution in [0.1, 0.15) is 12.0 Å². The van der Waals surface area contributed by atoms with Crippen LogP contribution in [0.15, 0.2) is 24.3 Å². The minimum Gasteiger partial charge on any atom is -0.383 e. The fourth-order valence-corrected chi connectivity index (χ4v) is 4.61. The molecule has 0 aromatic heterocycles. The Morgan fingerprint density at radius 1 is 1.26 bits per heavy atom. The molecule has 0 bridgehead atoms. The zero-order valence-electron chi connectivity index (χ0n) is 14.7. The van der Waals surface area contributed by atoms with Crippen molar-refractivity contribution in [3.8, 4) is 0 Å². The quantitative estimate of drug-likeness (QED) is 0.564. The van der Waals surface area contributed by atoms with Crippen molar-refractivity contribution in [3.05, 3.63) is 29.8 Å². The third-order valence-corrected chi connectivity index (χ3v) is 5.65. The number of carbonyl (C=O) groups excluding carboxylic acids is 4. The maximum atomic E-state index is 13.2. The summed E-state index contributed by atoms with van der Waals surface area (Å²) >= 11 is 0. The number of rotatable bonds is 5. The fourth-order valence-electron chi connectivity index (χ4n) is 4.61. The lowest BCUT2D eigenvalue weighted by molar-refractivity contribution is -0.143. The minimum absolute atomic E-state index is 0.101. The van der Waals surface area contributed by atoms with E-state index in [0.29, 0.717) is 11.3 Å². The lowest BCUT2D eigenvalue weighted by Crippen LogP contribution is -2.53. The van der Waals surface area contributed by atoms with Crippen LogP contribution in [0.3, 0.4) is 0 Å². The van der Waals surface area contributed by atoms with Gasteiger partial charge < -0.3 is 15.8 Å². The zero-order chi connectivity index (χ0) is 19.3. The number of hydrogen-bond donors (Lipinski definition) is 3. The van der Waals surface area contributed by atoms with Crippen molar-refractivity contribution in [2.24, 2.45) is 17.6 Å². The molecular formula is C18H20N4O5. The number of benzene rings is 1.